The predicted octanol–water partition coefficient (Wildman–Crippen LogP) is 6.97. The Balaban J connectivity index is 1.97. The van der Waals surface area contributed by atoms with Gasteiger partial charge in [-0.15, -0.1) is 0 Å². The summed E-state index contributed by atoms with van der Waals surface area (Å²) in [5, 5.41) is 0. The maximum atomic E-state index is 13.7. The van der Waals surface area contributed by atoms with E-state index in [2.05, 4.69) is 11.1 Å². The van der Waals surface area contributed by atoms with E-state index in [0.717, 1.165) is 24.8 Å². The third kappa shape index (κ3) is 11.6. The van der Waals surface area contributed by atoms with Gasteiger partial charge in [0.15, 0.2) is 11.6 Å². The quantitative estimate of drug-likeness (QED) is 0.246. The molecule has 1 N–H and O–H groups in total. The van der Waals surface area contributed by atoms with Crippen LogP contribution in [-0.4, -0.2) is 8.76 Å². The minimum atomic E-state index is -2.49. The van der Waals surface area contributed by atoms with Crippen molar-refractivity contribution in [2.75, 3.05) is 0 Å². The molecule has 0 radical (unpaired) electrons. The first-order chi connectivity index (χ1) is 12.6. The van der Waals surface area contributed by atoms with E-state index in [0.29, 0.717) is 0 Å². The van der Waals surface area contributed by atoms with Crippen LogP contribution < -0.4 is 4.18 Å². The highest BCUT2D eigenvalue weighted by molar-refractivity contribution is 7.74. The molecule has 0 saturated heterocycles. The number of hydrogen-bond acceptors (Lipinski definition) is 2. The molecule has 1 atom stereocenters. The van der Waals surface area contributed by atoms with Gasteiger partial charge in [-0.3, -0.25) is 4.55 Å². The van der Waals surface area contributed by atoms with E-state index in [1.54, 1.807) is 6.07 Å². The van der Waals surface area contributed by atoms with Crippen molar-refractivity contribution in [1.29, 1.82) is 0 Å². The van der Waals surface area contributed by atoms with Gasteiger partial charge in [0.1, 0.15) is 0 Å². The molecule has 1 aromatic carbocycles. The molecule has 5 heteroatoms. The Morgan fingerprint density at radius 3 is 1.85 bits per heavy atom. The largest absolute Gasteiger partial charge is 0.377 e. The number of halogens is 1. The Bertz CT molecular complexity index is 508. The minimum absolute atomic E-state index is 0.181. The van der Waals surface area contributed by atoms with Crippen LogP contribution in [0.2, 0.25) is 0 Å². The number of benzene rings is 1. The van der Waals surface area contributed by atoms with Crippen molar-refractivity contribution in [3.63, 3.8) is 0 Å². The zero-order chi connectivity index (χ0) is 19.0. The Morgan fingerprint density at radius 2 is 1.38 bits per heavy atom. The van der Waals surface area contributed by atoms with Crippen molar-refractivity contribution >= 4 is 11.4 Å². The smallest absolute Gasteiger partial charge is 0.357 e. The van der Waals surface area contributed by atoms with Gasteiger partial charge in [0.05, 0.1) is 0 Å². The number of unbranched alkanes of at least 4 members (excludes halogenated alkanes) is 12. The van der Waals surface area contributed by atoms with Crippen molar-refractivity contribution in [3.05, 3.63) is 29.6 Å². The lowest BCUT2D eigenvalue weighted by Crippen LogP contribution is -2.00. The van der Waals surface area contributed by atoms with E-state index in [4.69, 9.17) is 4.55 Å². The van der Waals surface area contributed by atoms with E-state index in [9.17, 15) is 8.60 Å². The maximum absolute atomic E-state index is 13.7. The van der Waals surface area contributed by atoms with Gasteiger partial charge in [0, 0.05) is 0 Å². The second-order valence-corrected chi connectivity index (χ2v) is 7.66. The van der Waals surface area contributed by atoms with Crippen molar-refractivity contribution in [2.24, 2.45) is 0 Å². The van der Waals surface area contributed by atoms with Crippen LogP contribution >= 0.6 is 0 Å². The molecule has 1 rings (SSSR count). The Kier molecular flexibility index (Phi) is 13.5. The molecule has 3 nitrogen and oxygen atoms in total. The van der Waals surface area contributed by atoms with Crippen LogP contribution in [0.4, 0.5) is 4.39 Å². The molecule has 150 valence electrons. The first kappa shape index (κ1) is 23.1. The molecule has 0 spiro atoms. The summed E-state index contributed by atoms with van der Waals surface area (Å²) < 4.78 is 37.3. The summed E-state index contributed by atoms with van der Waals surface area (Å²) in [4.78, 5) is 0. The van der Waals surface area contributed by atoms with Crippen molar-refractivity contribution in [2.45, 2.75) is 96.8 Å². The molecular weight excluding hydrogens is 351 g/mol. The third-order valence-corrected chi connectivity index (χ3v) is 5.05. The first-order valence-electron chi connectivity index (χ1n) is 10.2. The van der Waals surface area contributed by atoms with Crippen LogP contribution in [0.3, 0.4) is 0 Å². The topological polar surface area (TPSA) is 46.5 Å². The van der Waals surface area contributed by atoms with Gasteiger partial charge in [-0.05, 0) is 30.5 Å². The second kappa shape index (κ2) is 15.2. The summed E-state index contributed by atoms with van der Waals surface area (Å²) >= 11 is -2.49. The second-order valence-electron chi connectivity index (χ2n) is 7.06. The van der Waals surface area contributed by atoms with E-state index < -0.39 is 17.2 Å². The summed E-state index contributed by atoms with van der Waals surface area (Å²) in [6, 6.07) is 4.57. The van der Waals surface area contributed by atoms with Gasteiger partial charge in [-0.25, -0.2) is 4.39 Å². The number of hydrogen-bond donors (Lipinski definition) is 1. The molecule has 0 fully saturated rings. The molecule has 1 aromatic rings. The molecule has 0 heterocycles. The van der Waals surface area contributed by atoms with Crippen LogP contribution in [0, 0.1) is 5.82 Å². The highest BCUT2D eigenvalue weighted by atomic mass is 32.2. The minimum Gasteiger partial charge on any atom is -0.377 e. The Labute approximate surface area is 161 Å². The molecule has 0 saturated carbocycles. The number of aryl methyl sites for hydroxylation is 1. The molecule has 0 aliphatic rings. The Morgan fingerprint density at radius 1 is 0.885 bits per heavy atom. The van der Waals surface area contributed by atoms with Crippen molar-refractivity contribution < 1.29 is 17.3 Å². The van der Waals surface area contributed by atoms with Crippen LogP contribution in [0.25, 0.3) is 0 Å². The lowest BCUT2D eigenvalue weighted by molar-refractivity contribution is 0.439. The van der Waals surface area contributed by atoms with Gasteiger partial charge in [-0.2, -0.15) is 4.21 Å². The summed E-state index contributed by atoms with van der Waals surface area (Å²) in [5.74, 6) is -0.764. The normalized spacial score (nSPS) is 12.3. The molecule has 0 amide bonds. The predicted molar refractivity (Wildman–Crippen MR) is 107 cm³/mol. The van der Waals surface area contributed by atoms with Gasteiger partial charge >= 0.3 is 11.4 Å². The first-order valence-corrected chi connectivity index (χ1v) is 11.2. The van der Waals surface area contributed by atoms with Gasteiger partial charge in [0.25, 0.3) is 0 Å². The average molecular weight is 387 g/mol. The monoisotopic (exact) mass is 386 g/mol. The maximum Gasteiger partial charge on any atom is 0.357 e. The van der Waals surface area contributed by atoms with Crippen LogP contribution in [-0.2, 0) is 17.8 Å². The van der Waals surface area contributed by atoms with E-state index in [1.807, 2.05) is 0 Å². The molecule has 0 aliphatic heterocycles. The third-order valence-electron chi connectivity index (χ3n) is 4.73. The molecular formula is C21H35FO3S. The van der Waals surface area contributed by atoms with Gasteiger partial charge < -0.3 is 4.18 Å². The highest BCUT2D eigenvalue weighted by Gasteiger charge is 2.07. The van der Waals surface area contributed by atoms with Crippen LogP contribution in [0.1, 0.15) is 96.0 Å². The van der Waals surface area contributed by atoms with E-state index in [1.165, 1.54) is 82.8 Å². The van der Waals surface area contributed by atoms with Crippen molar-refractivity contribution in [3.8, 4) is 5.75 Å². The zero-order valence-corrected chi connectivity index (χ0v) is 17.0. The molecule has 0 aliphatic carbocycles. The fraction of sp³-hybridized carbons (Fsp3) is 0.714. The summed E-state index contributed by atoms with van der Waals surface area (Å²) in [7, 11) is 0. The van der Waals surface area contributed by atoms with Crippen molar-refractivity contribution in [1.82, 2.24) is 0 Å². The number of rotatable bonds is 16. The zero-order valence-electron chi connectivity index (χ0n) is 16.2. The molecule has 0 aromatic heterocycles. The fourth-order valence-corrected chi connectivity index (χ4v) is 3.48. The summed E-state index contributed by atoms with van der Waals surface area (Å²) in [5.41, 5.74) is 0.904. The van der Waals surface area contributed by atoms with E-state index >= 15 is 0 Å². The average Bonchev–Trinajstić information content (AvgIpc) is 2.61. The summed E-state index contributed by atoms with van der Waals surface area (Å²) in [6.45, 7) is 2.26. The molecule has 1 unspecified atom stereocenters. The summed E-state index contributed by atoms with van der Waals surface area (Å²) in [6.07, 6.45) is 17.9. The molecule has 26 heavy (non-hydrogen) atoms. The van der Waals surface area contributed by atoms with Gasteiger partial charge in [0.2, 0.25) is 0 Å². The standard InChI is InChI=1S/C21H35FO3S/c1-2-3-4-5-6-7-8-9-10-11-12-13-14-15-19-16-17-21(20(22)18-19)25-26(23)24/h16-18H,2-15H2,1H3,(H,23,24). The van der Waals surface area contributed by atoms with Crippen LogP contribution in [0.5, 0.6) is 5.75 Å². The lowest BCUT2D eigenvalue weighted by atomic mass is 10.0. The fourth-order valence-electron chi connectivity index (χ4n) is 3.19. The SMILES string of the molecule is CCCCCCCCCCCCCCCc1ccc(OS(=O)O)c(F)c1. The van der Waals surface area contributed by atoms with Gasteiger partial charge in [-0.1, -0.05) is 90.0 Å². The van der Waals surface area contributed by atoms with E-state index in [-0.39, 0.29) is 5.75 Å². The molecule has 0 bridgehead atoms. The Hall–Kier alpha value is -0.940. The van der Waals surface area contributed by atoms with Crippen LogP contribution in [0.15, 0.2) is 18.2 Å². The highest BCUT2D eigenvalue weighted by Crippen LogP contribution is 2.20. The lowest BCUT2D eigenvalue weighted by Gasteiger charge is -2.06.